The summed E-state index contributed by atoms with van der Waals surface area (Å²) in [7, 11) is 5.77. The SMILES string of the molecule is C=CC1CC(C(=O)OC)(C(=O)OC)C(CCCOCc2ccc(OC)cc2)N(Cc2ccc(OC)cc2)O1. The zero-order chi connectivity index (χ0) is 27.5. The molecule has 1 aliphatic heterocycles. The molecule has 9 heteroatoms. The molecule has 0 spiro atoms. The highest BCUT2D eigenvalue weighted by atomic mass is 16.7. The van der Waals surface area contributed by atoms with Crippen molar-refractivity contribution < 1.29 is 38.1 Å². The second-order valence-electron chi connectivity index (χ2n) is 9.02. The predicted octanol–water partition coefficient (Wildman–Crippen LogP) is 4.09. The van der Waals surface area contributed by atoms with Gasteiger partial charge in [0.1, 0.15) is 11.5 Å². The summed E-state index contributed by atoms with van der Waals surface area (Å²) in [5.74, 6) is 0.177. The van der Waals surface area contributed by atoms with Gasteiger partial charge in [0.05, 0.1) is 47.2 Å². The van der Waals surface area contributed by atoms with E-state index in [1.165, 1.54) is 14.2 Å². The van der Waals surface area contributed by atoms with Crippen molar-refractivity contribution in [3.05, 3.63) is 72.3 Å². The summed E-state index contributed by atoms with van der Waals surface area (Å²) in [5, 5.41) is 1.68. The third-order valence-corrected chi connectivity index (χ3v) is 6.76. The molecular formula is C29H37NO8. The maximum absolute atomic E-state index is 13.3. The molecule has 1 fully saturated rings. The first-order valence-corrected chi connectivity index (χ1v) is 12.5. The van der Waals surface area contributed by atoms with Gasteiger partial charge in [0.15, 0.2) is 5.41 Å². The Labute approximate surface area is 224 Å². The van der Waals surface area contributed by atoms with Gasteiger partial charge >= 0.3 is 11.9 Å². The van der Waals surface area contributed by atoms with Crippen molar-refractivity contribution >= 4 is 11.9 Å². The Hall–Kier alpha value is -3.40. The number of rotatable bonds is 13. The van der Waals surface area contributed by atoms with Gasteiger partial charge in [0.25, 0.3) is 0 Å². The van der Waals surface area contributed by atoms with E-state index in [0.717, 1.165) is 22.6 Å². The van der Waals surface area contributed by atoms with Gasteiger partial charge in [-0.3, -0.25) is 14.4 Å². The fourth-order valence-electron chi connectivity index (χ4n) is 4.74. The normalized spacial score (nSPS) is 18.8. The third-order valence-electron chi connectivity index (χ3n) is 6.76. The average Bonchev–Trinajstić information content (AvgIpc) is 2.97. The summed E-state index contributed by atoms with van der Waals surface area (Å²) in [6.45, 7) is 5.00. The number of methoxy groups -OCH3 is 4. The maximum atomic E-state index is 13.3. The van der Waals surface area contributed by atoms with E-state index >= 15 is 0 Å². The number of ether oxygens (including phenoxy) is 5. The molecule has 1 aliphatic rings. The second kappa shape index (κ2) is 13.9. The molecule has 1 saturated heterocycles. The molecule has 2 aromatic carbocycles. The van der Waals surface area contributed by atoms with Crippen LogP contribution in [0.1, 0.15) is 30.4 Å². The Bertz CT molecular complexity index is 1040. The summed E-state index contributed by atoms with van der Waals surface area (Å²) in [6, 6.07) is 14.5. The maximum Gasteiger partial charge on any atom is 0.325 e. The summed E-state index contributed by atoms with van der Waals surface area (Å²) >= 11 is 0. The first-order valence-electron chi connectivity index (χ1n) is 12.5. The minimum Gasteiger partial charge on any atom is -0.497 e. The van der Waals surface area contributed by atoms with Crippen LogP contribution in [0.15, 0.2) is 61.2 Å². The number of hydrogen-bond donors (Lipinski definition) is 0. The molecule has 38 heavy (non-hydrogen) atoms. The van der Waals surface area contributed by atoms with Crippen LogP contribution in [0.4, 0.5) is 0 Å². The molecule has 0 aromatic heterocycles. The van der Waals surface area contributed by atoms with Crippen LogP contribution in [0, 0.1) is 5.41 Å². The van der Waals surface area contributed by atoms with E-state index in [1.54, 1.807) is 25.4 Å². The molecule has 0 aliphatic carbocycles. The van der Waals surface area contributed by atoms with Crippen LogP contribution in [0.3, 0.4) is 0 Å². The van der Waals surface area contributed by atoms with Crippen LogP contribution in [0.2, 0.25) is 0 Å². The lowest BCUT2D eigenvalue weighted by molar-refractivity contribution is -0.280. The Balaban J connectivity index is 1.81. The van der Waals surface area contributed by atoms with Crippen molar-refractivity contribution in [2.24, 2.45) is 5.41 Å². The molecule has 0 bridgehead atoms. The van der Waals surface area contributed by atoms with Crippen molar-refractivity contribution in [3.63, 3.8) is 0 Å². The first kappa shape index (κ1) is 29.2. The largest absolute Gasteiger partial charge is 0.497 e. The fraction of sp³-hybridized carbons (Fsp3) is 0.448. The quantitative estimate of drug-likeness (QED) is 0.165. The Morgan fingerprint density at radius 2 is 1.50 bits per heavy atom. The number of benzene rings is 2. The summed E-state index contributed by atoms with van der Waals surface area (Å²) in [4.78, 5) is 32.8. The van der Waals surface area contributed by atoms with Crippen LogP contribution in [-0.4, -0.2) is 64.2 Å². The van der Waals surface area contributed by atoms with E-state index in [2.05, 4.69) is 6.58 Å². The minimum absolute atomic E-state index is 0.0618. The van der Waals surface area contributed by atoms with Crippen LogP contribution >= 0.6 is 0 Å². The van der Waals surface area contributed by atoms with Crippen LogP contribution in [0.5, 0.6) is 11.5 Å². The van der Waals surface area contributed by atoms with E-state index in [-0.39, 0.29) is 6.42 Å². The summed E-state index contributed by atoms with van der Waals surface area (Å²) in [5.41, 5.74) is 0.336. The van der Waals surface area contributed by atoms with Gasteiger partial charge in [-0.2, -0.15) is 5.06 Å². The van der Waals surface area contributed by atoms with Gasteiger partial charge in [-0.05, 0) is 48.2 Å². The molecule has 2 atom stereocenters. The molecule has 2 unspecified atom stereocenters. The lowest BCUT2D eigenvalue weighted by Gasteiger charge is -2.47. The molecule has 1 heterocycles. The second-order valence-corrected chi connectivity index (χ2v) is 9.02. The summed E-state index contributed by atoms with van der Waals surface area (Å²) < 4.78 is 26.6. The number of carbonyl (C=O) groups is 2. The van der Waals surface area contributed by atoms with E-state index in [4.69, 9.17) is 28.5 Å². The van der Waals surface area contributed by atoms with Crippen LogP contribution in [-0.2, 0) is 41.8 Å². The zero-order valence-corrected chi connectivity index (χ0v) is 22.5. The number of carbonyl (C=O) groups excluding carboxylic acids is 2. The molecule has 2 aromatic rings. The third kappa shape index (κ3) is 6.72. The highest BCUT2D eigenvalue weighted by Gasteiger charge is 2.60. The monoisotopic (exact) mass is 527 g/mol. The van der Waals surface area contributed by atoms with E-state index in [0.29, 0.717) is 32.6 Å². The molecule has 0 saturated carbocycles. The van der Waals surface area contributed by atoms with E-state index in [9.17, 15) is 9.59 Å². The van der Waals surface area contributed by atoms with Gasteiger partial charge in [-0.25, -0.2) is 0 Å². The van der Waals surface area contributed by atoms with E-state index < -0.39 is 29.5 Å². The standard InChI is InChI=1S/C29H37NO8/c1-6-23-18-29(27(31)35-4,28(32)36-5)26(30(38-23)19-21-9-13-24(33-2)14-10-21)8-7-17-37-20-22-11-15-25(34-3)16-12-22/h6,9-16,23,26H,1,7-8,17-20H2,2-5H3. The van der Waals surface area contributed by atoms with Crippen LogP contribution in [0.25, 0.3) is 0 Å². The number of hydroxylamine groups is 2. The van der Waals surface area contributed by atoms with Gasteiger partial charge in [-0.15, -0.1) is 6.58 Å². The van der Waals surface area contributed by atoms with Crippen molar-refractivity contribution in [3.8, 4) is 11.5 Å². The van der Waals surface area contributed by atoms with Gasteiger partial charge < -0.3 is 23.7 Å². The predicted molar refractivity (Wildman–Crippen MR) is 140 cm³/mol. The van der Waals surface area contributed by atoms with Crippen molar-refractivity contribution in [2.75, 3.05) is 35.0 Å². The highest BCUT2D eigenvalue weighted by molar-refractivity contribution is 6.01. The Kier molecular flexibility index (Phi) is 10.7. The van der Waals surface area contributed by atoms with Crippen molar-refractivity contribution in [1.29, 1.82) is 0 Å². The van der Waals surface area contributed by atoms with Gasteiger partial charge in [0, 0.05) is 19.6 Å². The molecule has 0 amide bonds. The minimum atomic E-state index is -1.59. The van der Waals surface area contributed by atoms with E-state index in [1.807, 2.05) is 48.5 Å². The van der Waals surface area contributed by atoms with Gasteiger partial charge in [-0.1, -0.05) is 30.3 Å². The molecule has 0 radical (unpaired) electrons. The molecular weight excluding hydrogens is 490 g/mol. The average molecular weight is 528 g/mol. The number of hydrogen-bond acceptors (Lipinski definition) is 9. The lowest BCUT2D eigenvalue weighted by atomic mass is 9.72. The number of esters is 2. The Morgan fingerprint density at radius 1 is 0.947 bits per heavy atom. The van der Waals surface area contributed by atoms with Crippen molar-refractivity contribution in [2.45, 2.75) is 44.6 Å². The molecule has 206 valence electrons. The highest BCUT2D eigenvalue weighted by Crippen LogP contribution is 2.43. The van der Waals surface area contributed by atoms with Crippen molar-refractivity contribution in [1.82, 2.24) is 5.06 Å². The molecule has 0 N–H and O–H groups in total. The first-order chi connectivity index (χ1) is 18.4. The summed E-state index contributed by atoms with van der Waals surface area (Å²) in [6.07, 6.45) is 2.04. The smallest absolute Gasteiger partial charge is 0.325 e. The Morgan fingerprint density at radius 3 is 2.00 bits per heavy atom. The van der Waals surface area contributed by atoms with Crippen LogP contribution < -0.4 is 9.47 Å². The topological polar surface area (TPSA) is 92.8 Å². The fourth-order valence-corrected chi connectivity index (χ4v) is 4.74. The molecule has 3 rings (SSSR count). The van der Waals surface area contributed by atoms with Gasteiger partial charge in [0.2, 0.25) is 0 Å². The lowest BCUT2D eigenvalue weighted by Crippen LogP contribution is -2.62. The zero-order valence-electron chi connectivity index (χ0n) is 22.5. The number of nitrogens with zero attached hydrogens (tertiary/aromatic N) is 1. The molecule has 9 nitrogen and oxygen atoms in total.